The molecule has 0 saturated heterocycles. The van der Waals surface area contributed by atoms with Gasteiger partial charge in [0.2, 0.25) is 5.28 Å². The Morgan fingerprint density at radius 2 is 2.30 bits per heavy atom. The third kappa shape index (κ3) is 3.66. The number of aromatic nitrogens is 2. The minimum Gasteiger partial charge on any atom is -0.312 e. The van der Waals surface area contributed by atoms with Crippen LogP contribution < -0.4 is 5.32 Å². The molecule has 3 rings (SSSR count). The molecular formula is C17H16ClFN4. The molecule has 23 heavy (non-hydrogen) atoms. The van der Waals surface area contributed by atoms with Crippen LogP contribution in [0.1, 0.15) is 17.5 Å². The van der Waals surface area contributed by atoms with E-state index in [-0.39, 0.29) is 17.0 Å². The first-order valence-electron chi connectivity index (χ1n) is 7.46. The average molecular weight is 331 g/mol. The van der Waals surface area contributed by atoms with E-state index >= 15 is 0 Å². The molecular weight excluding hydrogens is 315 g/mol. The highest BCUT2D eigenvalue weighted by atomic mass is 35.5. The maximum absolute atomic E-state index is 14.3. The lowest BCUT2D eigenvalue weighted by atomic mass is 10.1. The fourth-order valence-corrected chi connectivity index (χ4v) is 2.71. The van der Waals surface area contributed by atoms with E-state index in [2.05, 4.69) is 21.4 Å². The fraction of sp³-hybridized carbons (Fsp3) is 0.353. The van der Waals surface area contributed by atoms with Crippen LogP contribution in [0.4, 0.5) is 4.39 Å². The first-order valence-corrected chi connectivity index (χ1v) is 7.84. The van der Waals surface area contributed by atoms with Gasteiger partial charge in [-0.1, -0.05) is 12.1 Å². The molecule has 1 aliphatic rings. The largest absolute Gasteiger partial charge is 0.312 e. The molecule has 2 atom stereocenters. The molecule has 118 valence electrons. The van der Waals surface area contributed by atoms with Gasteiger partial charge in [-0.05, 0) is 49.0 Å². The summed E-state index contributed by atoms with van der Waals surface area (Å²) in [5, 5.41) is 12.1. The van der Waals surface area contributed by atoms with Crippen molar-refractivity contribution in [3.8, 4) is 17.3 Å². The summed E-state index contributed by atoms with van der Waals surface area (Å²) in [5.74, 6) is 0.296. The second kappa shape index (κ2) is 6.61. The molecule has 4 nitrogen and oxygen atoms in total. The van der Waals surface area contributed by atoms with E-state index in [4.69, 9.17) is 16.9 Å². The molecule has 1 aromatic heterocycles. The Morgan fingerprint density at radius 1 is 1.48 bits per heavy atom. The zero-order valence-electron chi connectivity index (χ0n) is 12.7. The summed E-state index contributed by atoms with van der Waals surface area (Å²) < 4.78 is 14.3. The van der Waals surface area contributed by atoms with Gasteiger partial charge in [0.15, 0.2) is 0 Å². The van der Waals surface area contributed by atoms with E-state index in [0.717, 1.165) is 18.5 Å². The van der Waals surface area contributed by atoms with E-state index in [0.29, 0.717) is 29.3 Å². The number of hydrogen-bond acceptors (Lipinski definition) is 4. The highest BCUT2D eigenvalue weighted by Gasteiger charge is 2.36. The fourth-order valence-electron chi connectivity index (χ4n) is 2.57. The first kappa shape index (κ1) is 15.9. The number of nitriles is 1. The molecule has 0 radical (unpaired) electrons. The SMILES string of the molecule is Cc1cnc(Cl)nc1-c1ccc(CNCC2CC2C#N)c(F)c1. The molecule has 0 aliphatic heterocycles. The Bertz CT molecular complexity index is 772. The Kier molecular flexibility index (Phi) is 4.56. The highest BCUT2D eigenvalue weighted by Crippen LogP contribution is 2.36. The van der Waals surface area contributed by atoms with Crippen LogP contribution in [0, 0.1) is 35.9 Å². The van der Waals surface area contributed by atoms with Crippen molar-refractivity contribution in [2.75, 3.05) is 6.54 Å². The molecule has 2 aromatic rings. The van der Waals surface area contributed by atoms with Crippen molar-refractivity contribution >= 4 is 11.6 Å². The van der Waals surface area contributed by atoms with E-state index in [1.165, 1.54) is 6.07 Å². The quantitative estimate of drug-likeness (QED) is 0.852. The van der Waals surface area contributed by atoms with Crippen molar-refractivity contribution in [1.29, 1.82) is 5.26 Å². The van der Waals surface area contributed by atoms with Crippen molar-refractivity contribution < 1.29 is 4.39 Å². The second-order valence-corrected chi connectivity index (χ2v) is 6.18. The summed E-state index contributed by atoms with van der Waals surface area (Å²) in [7, 11) is 0. The summed E-state index contributed by atoms with van der Waals surface area (Å²) in [4.78, 5) is 8.08. The van der Waals surface area contributed by atoms with Crippen LogP contribution in [-0.2, 0) is 6.54 Å². The Morgan fingerprint density at radius 3 is 3.00 bits per heavy atom. The van der Waals surface area contributed by atoms with Crippen LogP contribution in [0.5, 0.6) is 0 Å². The molecule has 6 heteroatoms. The van der Waals surface area contributed by atoms with Gasteiger partial charge in [0, 0.05) is 23.9 Å². The Labute approximate surface area is 139 Å². The molecule has 1 fully saturated rings. The number of nitrogens with zero attached hydrogens (tertiary/aromatic N) is 3. The lowest BCUT2D eigenvalue weighted by molar-refractivity contribution is 0.574. The Hall–Kier alpha value is -2.03. The lowest BCUT2D eigenvalue weighted by Gasteiger charge is -2.09. The second-order valence-electron chi connectivity index (χ2n) is 5.84. The monoisotopic (exact) mass is 330 g/mol. The van der Waals surface area contributed by atoms with Crippen molar-refractivity contribution in [1.82, 2.24) is 15.3 Å². The third-order valence-electron chi connectivity index (χ3n) is 4.08. The average Bonchev–Trinajstić information content (AvgIpc) is 3.30. The van der Waals surface area contributed by atoms with Gasteiger partial charge in [-0.2, -0.15) is 5.26 Å². The van der Waals surface area contributed by atoms with Crippen LogP contribution >= 0.6 is 11.6 Å². The molecule has 1 N–H and O–H groups in total. The van der Waals surface area contributed by atoms with Gasteiger partial charge in [-0.15, -0.1) is 0 Å². The normalized spacial score (nSPS) is 19.4. The molecule has 1 aromatic carbocycles. The summed E-state index contributed by atoms with van der Waals surface area (Å²) >= 11 is 5.82. The van der Waals surface area contributed by atoms with Gasteiger partial charge in [0.1, 0.15) is 5.82 Å². The summed E-state index contributed by atoms with van der Waals surface area (Å²) in [6.45, 7) is 3.06. The zero-order chi connectivity index (χ0) is 16.4. The van der Waals surface area contributed by atoms with Crippen LogP contribution in [0.25, 0.3) is 11.3 Å². The van der Waals surface area contributed by atoms with Crippen LogP contribution in [-0.4, -0.2) is 16.5 Å². The van der Waals surface area contributed by atoms with Crippen LogP contribution in [0.15, 0.2) is 24.4 Å². The minimum absolute atomic E-state index is 0.147. The number of rotatable bonds is 5. The highest BCUT2D eigenvalue weighted by molar-refractivity contribution is 6.28. The van der Waals surface area contributed by atoms with Crippen molar-refractivity contribution in [3.63, 3.8) is 0 Å². The standard InChI is InChI=1S/C17H16ClFN4/c1-10-7-22-17(18)23-16(10)11-2-3-12(15(19)5-11)8-21-9-14-4-13(14)6-20/h2-3,5,7,13-14,21H,4,8-9H2,1H3. The smallest absolute Gasteiger partial charge is 0.222 e. The van der Waals surface area contributed by atoms with Gasteiger partial charge in [-0.3, -0.25) is 0 Å². The van der Waals surface area contributed by atoms with E-state index in [1.54, 1.807) is 12.3 Å². The van der Waals surface area contributed by atoms with Gasteiger partial charge in [0.25, 0.3) is 0 Å². The number of aryl methyl sites for hydroxylation is 1. The summed E-state index contributed by atoms with van der Waals surface area (Å²) in [6.07, 6.45) is 2.57. The molecule has 0 spiro atoms. The number of benzene rings is 1. The maximum atomic E-state index is 14.3. The van der Waals surface area contributed by atoms with Crippen LogP contribution in [0.2, 0.25) is 5.28 Å². The zero-order valence-corrected chi connectivity index (χ0v) is 13.4. The van der Waals surface area contributed by atoms with E-state index in [9.17, 15) is 4.39 Å². The van der Waals surface area contributed by atoms with Crippen molar-refractivity contribution in [2.24, 2.45) is 11.8 Å². The molecule has 0 amide bonds. The molecule has 1 aliphatic carbocycles. The summed E-state index contributed by atoms with van der Waals surface area (Å²) in [5.41, 5.74) is 2.76. The number of halogens is 2. The molecule has 1 heterocycles. The molecule has 2 unspecified atom stereocenters. The molecule has 0 bridgehead atoms. The van der Waals surface area contributed by atoms with E-state index < -0.39 is 0 Å². The summed E-state index contributed by atoms with van der Waals surface area (Å²) in [6, 6.07) is 7.30. The number of hydrogen-bond donors (Lipinski definition) is 1. The van der Waals surface area contributed by atoms with Gasteiger partial charge in [0.05, 0.1) is 17.7 Å². The van der Waals surface area contributed by atoms with E-state index in [1.807, 2.05) is 13.0 Å². The third-order valence-corrected chi connectivity index (χ3v) is 4.26. The maximum Gasteiger partial charge on any atom is 0.222 e. The topological polar surface area (TPSA) is 61.6 Å². The van der Waals surface area contributed by atoms with Crippen molar-refractivity contribution in [2.45, 2.75) is 19.9 Å². The van der Waals surface area contributed by atoms with Gasteiger partial charge < -0.3 is 5.32 Å². The predicted molar refractivity (Wildman–Crippen MR) is 86.1 cm³/mol. The predicted octanol–water partition coefficient (Wildman–Crippen LogP) is 3.49. The lowest BCUT2D eigenvalue weighted by Crippen LogP contribution is -2.17. The first-order chi connectivity index (χ1) is 11.1. The van der Waals surface area contributed by atoms with Crippen molar-refractivity contribution in [3.05, 3.63) is 46.6 Å². The number of nitrogens with one attached hydrogen (secondary N) is 1. The van der Waals surface area contributed by atoms with Gasteiger partial charge in [-0.25, -0.2) is 14.4 Å². The molecule has 1 saturated carbocycles. The van der Waals surface area contributed by atoms with Crippen LogP contribution in [0.3, 0.4) is 0 Å². The van der Waals surface area contributed by atoms with Gasteiger partial charge >= 0.3 is 0 Å². The Balaban J connectivity index is 1.68. The minimum atomic E-state index is -0.281.